The van der Waals surface area contributed by atoms with E-state index in [4.69, 9.17) is 9.47 Å². The number of methoxy groups -OCH3 is 2. The number of nitrogens with zero attached hydrogens (tertiary/aromatic N) is 1. The van der Waals surface area contributed by atoms with Gasteiger partial charge in [-0.2, -0.15) is 4.31 Å². The SMILES string of the molecule is COc1cc(OC)c(S(=O)(=O)N2CCC(C)C(C)C2)cc1Br. The van der Waals surface area contributed by atoms with Gasteiger partial charge in [0.1, 0.15) is 16.4 Å². The van der Waals surface area contributed by atoms with Crippen molar-refractivity contribution in [3.8, 4) is 11.5 Å². The molecule has 1 aliphatic heterocycles. The molecule has 0 bridgehead atoms. The number of sulfonamides is 1. The van der Waals surface area contributed by atoms with Gasteiger partial charge in [-0.25, -0.2) is 8.42 Å². The van der Waals surface area contributed by atoms with Gasteiger partial charge in [0.05, 0.1) is 18.7 Å². The van der Waals surface area contributed by atoms with Crippen LogP contribution in [-0.4, -0.2) is 40.0 Å². The average Bonchev–Trinajstić information content (AvgIpc) is 2.49. The minimum absolute atomic E-state index is 0.171. The van der Waals surface area contributed by atoms with Gasteiger partial charge in [0.15, 0.2) is 0 Å². The third kappa shape index (κ3) is 3.26. The highest BCUT2D eigenvalue weighted by molar-refractivity contribution is 9.10. The molecular weight excluding hydrogens is 370 g/mol. The summed E-state index contributed by atoms with van der Waals surface area (Å²) in [6.07, 6.45) is 0.875. The quantitative estimate of drug-likeness (QED) is 0.790. The van der Waals surface area contributed by atoms with Crippen molar-refractivity contribution in [2.24, 2.45) is 11.8 Å². The first-order valence-electron chi connectivity index (χ1n) is 7.23. The molecule has 124 valence electrons. The van der Waals surface area contributed by atoms with E-state index in [0.29, 0.717) is 40.9 Å². The number of hydrogen-bond acceptors (Lipinski definition) is 4. The van der Waals surface area contributed by atoms with Crippen molar-refractivity contribution in [3.63, 3.8) is 0 Å². The molecule has 0 radical (unpaired) electrons. The maximum Gasteiger partial charge on any atom is 0.246 e. The molecule has 1 fully saturated rings. The lowest BCUT2D eigenvalue weighted by atomic mass is 9.90. The monoisotopic (exact) mass is 391 g/mol. The van der Waals surface area contributed by atoms with Crippen LogP contribution >= 0.6 is 15.9 Å². The molecule has 1 saturated heterocycles. The fraction of sp³-hybridized carbons (Fsp3) is 0.600. The standard InChI is InChI=1S/C15H22BrNO4S/c1-10-5-6-17(9-11(10)2)22(18,19)15-7-12(16)13(20-3)8-14(15)21-4/h7-8,10-11H,5-6,9H2,1-4H3. The van der Waals surface area contributed by atoms with Gasteiger partial charge in [-0.3, -0.25) is 0 Å². The van der Waals surface area contributed by atoms with Crippen LogP contribution in [0, 0.1) is 11.8 Å². The lowest BCUT2D eigenvalue weighted by Crippen LogP contribution is -2.42. The van der Waals surface area contributed by atoms with E-state index in [1.807, 2.05) is 0 Å². The Morgan fingerprint density at radius 3 is 2.32 bits per heavy atom. The Bertz CT molecular complexity index is 647. The highest BCUT2D eigenvalue weighted by Crippen LogP contribution is 2.37. The maximum atomic E-state index is 13.0. The second-order valence-corrected chi connectivity index (χ2v) is 8.50. The first kappa shape index (κ1) is 17.6. The highest BCUT2D eigenvalue weighted by Gasteiger charge is 2.34. The van der Waals surface area contributed by atoms with Gasteiger partial charge >= 0.3 is 0 Å². The lowest BCUT2D eigenvalue weighted by molar-refractivity contribution is 0.212. The molecule has 7 heteroatoms. The van der Waals surface area contributed by atoms with Crippen molar-refractivity contribution in [1.82, 2.24) is 4.31 Å². The summed E-state index contributed by atoms with van der Waals surface area (Å²) in [6, 6.07) is 3.14. The molecule has 5 nitrogen and oxygen atoms in total. The van der Waals surface area contributed by atoms with Crippen LogP contribution in [-0.2, 0) is 10.0 Å². The van der Waals surface area contributed by atoms with E-state index in [0.717, 1.165) is 6.42 Å². The Kier molecular flexibility index (Phi) is 5.40. The lowest BCUT2D eigenvalue weighted by Gasteiger charge is -2.34. The molecule has 2 rings (SSSR count). The van der Waals surface area contributed by atoms with Crippen LogP contribution in [0.4, 0.5) is 0 Å². The second kappa shape index (κ2) is 6.76. The van der Waals surface area contributed by atoms with E-state index in [-0.39, 0.29) is 4.90 Å². The van der Waals surface area contributed by atoms with Gasteiger partial charge in [-0.05, 0) is 40.3 Å². The molecule has 0 amide bonds. The van der Waals surface area contributed by atoms with Crippen LogP contribution in [0.2, 0.25) is 0 Å². The van der Waals surface area contributed by atoms with E-state index in [1.165, 1.54) is 14.2 Å². The van der Waals surface area contributed by atoms with Crippen molar-refractivity contribution in [1.29, 1.82) is 0 Å². The Labute approximate surface area is 140 Å². The Balaban J connectivity index is 2.43. The largest absolute Gasteiger partial charge is 0.495 e. The third-order valence-corrected chi connectivity index (χ3v) is 6.86. The minimum atomic E-state index is -3.59. The number of piperidine rings is 1. The fourth-order valence-corrected chi connectivity index (χ4v) is 4.99. The molecule has 2 atom stereocenters. The molecule has 2 unspecified atom stereocenters. The first-order chi connectivity index (χ1) is 10.3. The summed E-state index contributed by atoms with van der Waals surface area (Å²) < 4.78 is 38.5. The van der Waals surface area contributed by atoms with Crippen LogP contribution in [0.3, 0.4) is 0 Å². The maximum absolute atomic E-state index is 13.0. The van der Waals surface area contributed by atoms with Crippen molar-refractivity contribution in [2.75, 3.05) is 27.3 Å². The smallest absolute Gasteiger partial charge is 0.246 e. The third-order valence-electron chi connectivity index (χ3n) is 4.35. The van der Waals surface area contributed by atoms with Crippen molar-refractivity contribution >= 4 is 26.0 Å². The molecule has 0 N–H and O–H groups in total. The summed E-state index contributed by atoms with van der Waals surface area (Å²) in [5, 5.41) is 0. The molecule has 0 aromatic heterocycles. The summed E-state index contributed by atoms with van der Waals surface area (Å²) in [4.78, 5) is 0.171. The zero-order chi connectivity index (χ0) is 16.5. The Hall–Kier alpha value is -0.790. The van der Waals surface area contributed by atoms with E-state index in [9.17, 15) is 8.42 Å². The van der Waals surface area contributed by atoms with Crippen LogP contribution in [0.25, 0.3) is 0 Å². The molecule has 1 aromatic rings. The molecule has 0 spiro atoms. The topological polar surface area (TPSA) is 55.8 Å². The summed E-state index contributed by atoms with van der Waals surface area (Å²) >= 11 is 3.35. The van der Waals surface area contributed by atoms with Gasteiger partial charge in [0, 0.05) is 19.2 Å². The normalized spacial score (nSPS) is 23.3. The zero-order valence-corrected chi connectivity index (χ0v) is 15.7. The number of halogens is 1. The highest BCUT2D eigenvalue weighted by atomic mass is 79.9. The van der Waals surface area contributed by atoms with E-state index in [1.54, 1.807) is 16.4 Å². The van der Waals surface area contributed by atoms with Gasteiger partial charge in [-0.15, -0.1) is 0 Å². The second-order valence-electron chi connectivity index (χ2n) is 5.74. The fourth-order valence-electron chi connectivity index (χ4n) is 2.62. The predicted octanol–water partition coefficient (Wildman–Crippen LogP) is 3.13. The van der Waals surface area contributed by atoms with E-state index >= 15 is 0 Å². The first-order valence-corrected chi connectivity index (χ1v) is 9.46. The summed E-state index contributed by atoms with van der Waals surface area (Å²) in [5.41, 5.74) is 0. The molecule has 1 aliphatic rings. The van der Waals surface area contributed by atoms with Crippen LogP contribution in [0.5, 0.6) is 11.5 Å². The van der Waals surface area contributed by atoms with E-state index in [2.05, 4.69) is 29.8 Å². The molecular formula is C15H22BrNO4S. The Morgan fingerprint density at radius 1 is 1.14 bits per heavy atom. The molecule has 0 aliphatic carbocycles. The number of ether oxygens (including phenoxy) is 2. The molecule has 22 heavy (non-hydrogen) atoms. The molecule has 1 heterocycles. The average molecular weight is 392 g/mol. The van der Waals surface area contributed by atoms with Crippen LogP contribution in [0.15, 0.2) is 21.5 Å². The number of benzene rings is 1. The van der Waals surface area contributed by atoms with Gasteiger partial charge < -0.3 is 9.47 Å². The van der Waals surface area contributed by atoms with E-state index < -0.39 is 10.0 Å². The summed E-state index contributed by atoms with van der Waals surface area (Å²) in [7, 11) is -0.596. The number of hydrogen-bond donors (Lipinski definition) is 0. The van der Waals surface area contributed by atoms with Crippen molar-refractivity contribution in [3.05, 3.63) is 16.6 Å². The minimum Gasteiger partial charge on any atom is -0.495 e. The van der Waals surface area contributed by atoms with Gasteiger partial charge in [0.2, 0.25) is 10.0 Å². The van der Waals surface area contributed by atoms with Crippen molar-refractivity contribution < 1.29 is 17.9 Å². The van der Waals surface area contributed by atoms with Crippen LogP contribution < -0.4 is 9.47 Å². The van der Waals surface area contributed by atoms with Crippen LogP contribution in [0.1, 0.15) is 20.3 Å². The zero-order valence-electron chi connectivity index (χ0n) is 13.3. The summed E-state index contributed by atoms with van der Waals surface area (Å²) in [6.45, 7) is 5.34. The van der Waals surface area contributed by atoms with Gasteiger partial charge in [-0.1, -0.05) is 13.8 Å². The summed E-state index contributed by atoms with van der Waals surface area (Å²) in [5.74, 6) is 1.72. The molecule has 1 aromatic carbocycles. The van der Waals surface area contributed by atoms with Crippen molar-refractivity contribution in [2.45, 2.75) is 25.2 Å². The number of rotatable bonds is 4. The molecule has 0 saturated carbocycles. The predicted molar refractivity (Wildman–Crippen MR) is 88.9 cm³/mol. The van der Waals surface area contributed by atoms with Gasteiger partial charge in [0.25, 0.3) is 0 Å². The Morgan fingerprint density at radius 2 is 1.77 bits per heavy atom.